The first-order valence-corrected chi connectivity index (χ1v) is 6.60. The van der Waals surface area contributed by atoms with Gasteiger partial charge >= 0.3 is 5.97 Å². The van der Waals surface area contributed by atoms with Crippen molar-refractivity contribution in [2.75, 3.05) is 19.6 Å². The zero-order chi connectivity index (χ0) is 14.1. The monoisotopic (exact) mass is 258 g/mol. The quantitative estimate of drug-likeness (QED) is 0.653. The average molecular weight is 258 g/mol. The van der Waals surface area contributed by atoms with Gasteiger partial charge in [-0.3, -0.25) is 9.59 Å². The summed E-state index contributed by atoms with van der Waals surface area (Å²) in [6, 6.07) is 0. The third-order valence-electron chi connectivity index (χ3n) is 2.77. The van der Waals surface area contributed by atoms with Gasteiger partial charge in [-0.15, -0.1) is 0 Å². The molecule has 0 unspecified atom stereocenters. The van der Waals surface area contributed by atoms with Gasteiger partial charge in [-0.1, -0.05) is 20.8 Å². The summed E-state index contributed by atoms with van der Waals surface area (Å²) < 4.78 is 0. The van der Waals surface area contributed by atoms with E-state index in [0.29, 0.717) is 25.4 Å². The lowest BCUT2D eigenvalue weighted by Crippen LogP contribution is -2.38. The molecule has 0 saturated carbocycles. The first kappa shape index (κ1) is 16.9. The Kier molecular flexibility index (Phi) is 8.37. The van der Waals surface area contributed by atoms with Crippen LogP contribution in [-0.2, 0) is 9.59 Å². The van der Waals surface area contributed by atoms with E-state index in [-0.39, 0.29) is 18.4 Å². The molecule has 0 aromatic heterocycles. The van der Waals surface area contributed by atoms with Crippen molar-refractivity contribution >= 4 is 11.9 Å². The van der Waals surface area contributed by atoms with Crippen LogP contribution in [-0.4, -0.2) is 41.5 Å². The van der Waals surface area contributed by atoms with Gasteiger partial charge in [0.25, 0.3) is 0 Å². The summed E-state index contributed by atoms with van der Waals surface area (Å²) in [5, 5.41) is 8.78. The first-order valence-electron chi connectivity index (χ1n) is 6.60. The van der Waals surface area contributed by atoms with Gasteiger partial charge in [-0.05, 0) is 31.2 Å². The number of amides is 1. The molecule has 18 heavy (non-hydrogen) atoms. The summed E-state index contributed by atoms with van der Waals surface area (Å²) in [7, 11) is 0. The molecule has 0 aliphatic rings. The van der Waals surface area contributed by atoms with Gasteiger partial charge in [0.15, 0.2) is 0 Å². The molecular formula is C13H26N2O3. The third kappa shape index (κ3) is 7.27. The highest BCUT2D eigenvalue weighted by Crippen LogP contribution is 2.15. The number of nitrogens with two attached hydrogens (primary N) is 1. The molecule has 0 aliphatic heterocycles. The Labute approximate surface area is 109 Å². The predicted octanol–water partition coefficient (Wildman–Crippen LogP) is 1.32. The lowest BCUT2D eigenvalue weighted by atomic mass is 9.94. The fourth-order valence-corrected chi connectivity index (χ4v) is 2.03. The van der Waals surface area contributed by atoms with E-state index in [0.717, 1.165) is 12.8 Å². The molecular weight excluding hydrogens is 232 g/mol. The molecule has 0 aromatic carbocycles. The van der Waals surface area contributed by atoms with E-state index in [1.807, 2.05) is 6.92 Å². The number of rotatable bonds is 9. The molecule has 5 nitrogen and oxygen atoms in total. The fourth-order valence-electron chi connectivity index (χ4n) is 2.03. The largest absolute Gasteiger partial charge is 0.480 e. The van der Waals surface area contributed by atoms with Crippen LogP contribution in [0.1, 0.15) is 40.0 Å². The summed E-state index contributed by atoms with van der Waals surface area (Å²) >= 11 is 0. The van der Waals surface area contributed by atoms with Gasteiger partial charge in [0.05, 0.1) is 0 Å². The number of carbonyl (C=O) groups excluding carboxylic acids is 1. The molecule has 5 heteroatoms. The summed E-state index contributed by atoms with van der Waals surface area (Å²) in [6.45, 7) is 6.85. The van der Waals surface area contributed by atoms with Crippen LogP contribution in [0.3, 0.4) is 0 Å². The summed E-state index contributed by atoms with van der Waals surface area (Å²) in [5.41, 5.74) is 5.66. The van der Waals surface area contributed by atoms with E-state index in [9.17, 15) is 9.59 Å². The molecule has 0 heterocycles. The van der Waals surface area contributed by atoms with Crippen LogP contribution >= 0.6 is 0 Å². The second-order valence-electron chi connectivity index (χ2n) is 5.14. The molecule has 0 rings (SSSR count). The highest BCUT2D eigenvalue weighted by molar-refractivity contribution is 5.81. The molecule has 0 bridgehead atoms. The van der Waals surface area contributed by atoms with Gasteiger partial charge in [0.2, 0.25) is 5.91 Å². The van der Waals surface area contributed by atoms with Crippen molar-refractivity contribution in [1.29, 1.82) is 0 Å². The van der Waals surface area contributed by atoms with Crippen molar-refractivity contribution in [2.45, 2.75) is 40.0 Å². The lowest BCUT2D eigenvalue weighted by Gasteiger charge is -2.23. The minimum atomic E-state index is -0.968. The van der Waals surface area contributed by atoms with Crippen LogP contribution in [0, 0.1) is 11.8 Å². The zero-order valence-corrected chi connectivity index (χ0v) is 11.7. The molecule has 3 N–H and O–H groups in total. The Bertz CT molecular complexity index is 267. The molecule has 0 aliphatic carbocycles. The van der Waals surface area contributed by atoms with E-state index < -0.39 is 5.97 Å². The van der Waals surface area contributed by atoms with Crippen LogP contribution in [0.2, 0.25) is 0 Å². The Balaban J connectivity index is 4.41. The first-order chi connectivity index (χ1) is 8.40. The second kappa shape index (κ2) is 8.91. The van der Waals surface area contributed by atoms with Crippen LogP contribution in [0.25, 0.3) is 0 Å². The smallest absolute Gasteiger partial charge is 0.323 e. The van der Waals surface area contributed by atoms with Gasteiger partial charge in [-0.2, -0.15) is 0 Å². The molecule has 0 fully saturated rings. The van der Waals surface area contributed by atoms with Crippen molar-refractivity contribution in [2.24, 2.45) is 17.6 Å². The molecule has 1 atom stereocenters. The maximum absolute atomic E-state index is 12.0. The van der Waals surface area contributed by atoms with Crippen LogP contribution < -0.4 is 5.73 Å². The Morgan fingerprint density at radius 3 is 2.33 bits per heavy atom. The van der Waals surface area contributed by atoms with E-state index in [1.54, 1.807) is 0 Å². The molecule has 0 saturated heterocycles. The topological polar surface area (TPSA) is 83.6 Å². The fraction of sp³-hybridized carbons (Fsp3) is 0.846. The highest BCUT2D eigenvalue weighted by atomic mass is 16.4. The molecule has 1 amide bonds. The SMILES string of the molecule is CCCN(CC(=O)O)C(=O)C[C@@H](CN)CC(C)C. The zero-order valence-electron chi connectivity index (χ0n) is 11.7. The van der Waals surface area contributed by atoms with Gasteiger partial charge < -0.3 is 15.7 Å². The Hall–Kier alpha value is -1.10. The minimum Gasteiger partial charge on any atom is -0.480 e. The van der Waals surface area contributed by atoms with Gasteiger partial charge in [-0.25, -0.2) is 0 Å². The molecule has 0 spiro atoms. The van der Waals surface area contributed by atoms with E-state index in [1.165, 1.54) is 4.90 Å². The Morgan fingerprint density at radius 2 is 1.94 bits per heavy atom. The van der Waals surface area contributed by atoms with Crippen molar-refractivity contribution in [3.05, 3.63) is 0 Å². The molecule has 0 radical (unpaired) electrons. The predicted molar refractivity (Wildman–Crippen MR) is 71.1 cm³/mol. The van der Waals surface area contributed by atoms with Gasteiger partial charge in [0, 0.05) is 13.0 Å². The number of carboxylic acids is 1. The average Bonchev–Trinajstić information content (AvgIpc) is 2.26. The maximum Gasteiger partial charge on any atom is 0.323 e. The van der Waals surface area contributed by atoms with E-state index >= 15 is 0 Å². The number of aliphatic carboxylic acids is 1. The van der Waals surface area contributed by atoms with Gasteiger partial charge in [0.1, 0.15) is 6.54 Å². The summed E-state index contributed by atoms with van der Waals surface area (Å²) in [4.78, 5) is 24.1. The number of hydrogen-bond acceptors (Lipinski definition) is 3. The Morgan fingerprint density at radius 1 is 1.33 bits per heavy atom. The standard InChI is InChI=1S/C13H26N2O3/c1-4-5-15(9-13(17)18)12(16)7-11(8-14)6-10(2)3/h10-11H,4-9,14H2,1-3H3,(H,17,18)/t11-/m0/s1. The maximum atomic E-state index is 12.0. The minimum absolute atomic E-state index is 0.102. The van der Waals surface area contributed by atoms with Crippen molar-refractivity contribution < 1.29 is 14.7 Å². The number of nitrogens with zero attached hydrogens (tertiary/aromatic N) is 1. The second-order valence-corrected chi connectivity index (χ2v) is 5.14. The number of carboxylic acid groups (broad SMARTS) is 1. The van der Waals surface area contributed by atoms with Crippen LogP contribution in [0.15, 0.2) is 0 Å². The number of hydrogen-bond donors (Lipinski definition) is 2. The van der Waals surface area contributed by atoms with E-state index in [2.05, 4.69) is 13.8 Å². The molecule has 106 valence electrons. The van der Waals surface area contributed by atoms with Crippen molar-refractivity contribution in [1.82, 2.24) is 4.90 Å². The highest BCUT2D eigenvalue weighted by Gasteiger charge is 2.20. The number of carbonyl (C=O) groups is 2. The van der Waals surface area contributed by atoms with E-state index in [4.69, 9.17) is 10.8 Å². The third-order valence-corrected chi connectivity index (χ3v) is 2.77. The van der Waals surface area contributed by atoms with Crippen molar-refractivity contribution in [3.63, 3.8) is 0 Å². The van der Waals surface area contributed by atoms with Crippen LogP contribution in [0.5, 0.6) is 0 Å². The summed E-state index contributed by atoms with van der Waals surface area (Å²) in [5.74, 6) is -0.434. The van der Waals surface area contributed by atoms with Crippen molar-refractivity contribution in [3.8, 4) is 0 Å². The molecule has 0 aromatic rings. The van der Waals surface area contributed by atoms with Crippen LogP contribution in [0.4, 0.5) is 0 Å². The normalized spacial score (nSPS) is 12.5. The summed E-state index contributed by atoms with van der Waals surface area (Å²) in [6.07, 6.45) is 2.01. The lowest BCUT2D eigenvalue weighted by molar-refractivity contribution is -0.144.